The van der Waals surface area contributed by atoms with E-state index in [9.17, 15) is 14.4 Å². The van der Waals surface area contributed by atoms with Crippen LogP contribution >= 0.6 is 0 Å². The van der Waals surface area contributed by atoms with Gasteiger partial charge in [0.15, 0.2) is 5.78 Å². The molecule has 1 N–H and O–H groups in total. The average molecular weight is 663 g/mol. The molecule has 9 heteroatoms. The SMILES string of the molecule is CC(C)(C)OC(=O)Nc1ccc(-c2ccccc2)cc1CC(=O)c1cnc2c(C3CC3)c(N3CCN(C(=O)OC(C)(C)C)CC3)ccc2c1. The fourth-order valence-electron chi connectivity index (χ4n) is 6.23. The summed E-state index contributed by atoms with van der Waals surface area (Å²) in [6.07, 6.45) is 3.13. The number of carbonyl (C=O) groups excluding carboxylic acids is 3. The molecule has 0 radical (unpaired) electrons. The number of Topliss-reactive ketones (excluding diaryl/α,β-unsaturated/α-hetero) is 1. The summed E-state index contributed by atoms with van der Waals surface area (Å²) >= 11 is 0. The molecule has 1 aliphatic heterocycles. The molecule has 0 spiro atoms. The van der Waals surface area contributed by atoms with Crippen molar-refractivity contribution in [3.63, 3.8) is 0 Å². The van der Waals surface area contributed by atoms with Gasteiger partial charge < -0.3 is 19.3 Å². The van der Waals surface area contributed by atoms with Crippen LogP contribution in [-0.2, 0) is 15.9 Å². The number of piperazine rings is 1. The normalized spacial score (nSPS) is 15.2. The molecule has 1 aliphatic carbocycles. The third-order valence-corrected chi connectivity index (χ3v) is 8.65. The number of fused-ring (bicyclic) bond motifs is 1. The Morgan fingerprint density at radius 3 is 2.16 bits per heavy atom. The second-order valence-corrected chi connectivity index (χ2v) is 15.0. The van der Waals surface area contributed by atoms with E-state index in [0.717, 1.165) is 40.6 Å². The zero-order valence-electron chi connectivity index (χ0n) is 29.3. The molecule has 1 saturated carbocycles. The number of rotatable bonds is 7. The number of ketones is 1. The molecule has 2 amide bonds. The molecule has 49 heavy (non-hydrogen) atoms. The van der Waals surface area contributed by atoms with Gasteiger partial charge in [-0.1, -0.05) is 42.5 Å². The Labute approximate surface area is 288 Å². The predicted molar refractivity (Wildman–Crippen MR) is 194 cm³/mol. The van der Waals surface area contributed by atoms with Crippen molar-refractivity contribution in [3.8, 4) is 11.1 Å². The first kappa shape index (κ1) is 34.0. The number of amides is 2. The number of ether oxygens (including phenoxy) is 2. The molecular weight excluding hydrogens is 616 g/mol. The van der Waals surface area contributed by atoms with Crippen LogP contribution in [0.15, 0.2) is 72.9 Å². The molecule has 4 aromatic rings. The van der Waals surface area contributed by atoms with Gasteiger partial charge in [0.2, 0.25) is 0 Å². The lowest BCUT2D eigenvalue weighted by molar-refractivity contribution is 0.0240. The molecule has 2 heterocycles. The van der Waals surface area contributed by atoms with Crippen molar-refractivity contribution in [2.24, 2.45) is 0 Å². The molecule has 1 saturated heterocycles. The Bertz CT molecular complexity index is 1860. The minimum Gasteiger partial charge on any atom is -0.444 e. The maximum absolute atomic E-state index is 13.9. The first-order valence-corrected chi connectivity index (χ1v) is 17.1. The Kier molecular flexibility index (Phi) is 9.38. The summed E-state index contributed by atoms with van der Waals surface area (Å²) < 4.78 is 11.1. The third kappa shape index (κ3) is 8.39. The van der Waals surface area contributed by atoms with Gasteiger partial charge in [0, 0.05) is 66.7 Å². The van der Waals surface area contributed by atoms with Crippen molar-refractivity contribution in [3.05, 3.63) is 89.6 Å². The van der Waals surface area contributed by atoms with Gasteiger partial charge in [-0.25, -0.2) is 9.59 Å². The van der Waals surface area contributed by atoms with Crippen LogP contribution in [0.3, 0.4) is 0 Å². The highest BCUT2D eigenvalue weighted by molar-refractivity contribution is 6.02. The Balaban J connectivity index is 1.24. The van der Waals surface area contributed by atoms with Crippen molar-refractivity contribution in [1.29, 1.82) is 0 Å². The number of hydrogen-bond acceptors (Lipinski definition) is 7. The van der Waals surface area contributed by atoms with E-state index in [-0.39, 0.29) is 18.3 Å². The van der Waals surface area contributed by atoms with Crippen molar-refractivity contribution in [2.45, 2.75) is 77.9 Å². The molecule has 3 aromatic carbocycles. The molecule has 2 fully saturated rings. The van der Waals surface area contributed by atoms with Gasteiger partial charge in [-0.2, -0.15) is 0 Å². The van der Waals surface area contributed by atoms with Gasteiger partial charge in [0.25, 0.3) is 0 Å². The smallest absolute Gasteiger partial charge is 0.412 e. The molecule has 256 valence electrons. The molecule has 0 bridgehead atoms. The van der Waals surface area contributed by atoms with Crippen LogP contribution < -0.4 is 10.2 Å². The Morgan fingerprint density at radius 2 is 1.51 bits per heavy atom. The van der Waals surface area contributed by atoms with Gasteiger partial charge in [0.1, 0.15) is 11.2 Å². The Morgan fingerprint density at radius 1 is 0.816 bits per heavy atom. The standard InChI is InChI=1S/C40H46N4O5/c1-39(2,3)48-37(46)42-32-16-14-28(26-10-8-7-9-11-26)22-30(32)24-34(45)31-23-29-15-17-33(35(27-12-13-27)36(29)41-25-31)43-18-20-44(21-19-43)38(47)49-40(4,5)6/h7-11,14-17,22-23,25,27H,12-13,18-21,24H2,1-6H3,(H,42,46). The molecule has 9 nitrogen and oxygen atoms in total. The second kappa shape index (κ2) is 13.5. The van der Waals surface area contributed by atoms with Gasteiger partial charge in [-0.3, -0.25) is 15.1 Å². The first-order valence-electron chi connectivity index (χ1n) is 17.1. The van der Waals surface area contributed by atoms with Crippen molar-refractivity contribution < 1.29 is 23.9 Å². The van der Waals surface area contributed by atoms with Crippen molar-refractivity contribution in [2.75, 3.05) is 36.4 Å². The van der Waals surface area contributed by atoms with E-state index in [4.69, 9.17) is 14.5 Å². The summed E-state index contributed by atoms with van der Waals surface area (Å²) in [5.74, 6) is 0.334. The maximum Gasteiger partial charge on any atom is 0.412 e. The predicted octanol–water partition coefficient (Wildman–Crippen LogP) is 8.61. The number of nitrogens with zero attached hydrogens (tertiary/aromatic N) is 3. The molecule has 1 aromatic heterocycles. The van der Waals surface area contributed by atoms with Crippen LogP contribution in [0.4, 0.5) is 21.0 Å². The van der Waals surface area contributed by atoms with Crippen molar-refractivity contribution >= 4 is 40.2 Å². The second-order valence-electron chi connectivity index (χ2n) is 15.0. The summed E-state index contributed by atoms with van der Waals surface area (Å²) in [6.45, 7) is 13.7. The van der Waals surface area contributed by atoms with Crippen LogP contribution in [0.25, 0.3) is 22.0 Å². The summed E-state index contributed by atoms with van der Waals surface area (Å²) in [4.78, 5) is 48.2. The van der Waals surface area contributed by atoms with Crippen LogP contribution in [0.5, 0.6) is 0 Å². The number of benzene rings is 3. The molecule has 0 atom stereocenters. The highest BCUT2D eigenvalue weighted by atomic mass is 16.6. The lowest BCUT2D eigenvalue weighted by atomic mass is 9.96. The number of hydrogen-bond donors (Lipinski definition) is 1. The Hall–Kier alpha value is -4.92. The number of carbonyl (C=O) groups is 3. The molecule has 0 unspecified atom stereocenters. The van der Waals surface area contributed by atoms with Crippen LogP contribution in [0, 0.1) is 0 Å². The summed E-state index contributed by atoms with van der Waals surface area (Å²) in [7, 11) is 0. The van der Waals surface area contributed by atoms with E-state index in [1.165, 1.54) is 5.56 Å². The van der Waals surface area contributed by atoms with Crippen LogP contribution in [0.1, 0.15) is 81.8 Å². The minimum absolute atomic E-state index is 0.0779. The highest BCUT2D eigenvalue weighted by Gasteiger charge is 2.33. The molecule has 2 aliphatic rings. The van der Waals surface area contributed by atoms with E-state index < -0.39 is 17.3 Å². The topological polar surface area (TPSA) is 101 Å². The van der Waals surface area contributed by atoms with Gasteiger partial charge in [-0.05, 0) is 101 Å². The fraction of sp³-hybridized carbons (Fsp3) is 0.400. The first-order chi connectivity index (χ1) is 23.2. The third-order valence-electron chi connectivity index (χ3n) is 8.65. The lowest BCUT2D eigenvalue weighted by Crippen LogP contribution is -2.50. The average Bonchev–Trinajstić information content (AvgIpc) is 3.89. The number of pyridine rings is 1. The summed E-state index contributed by atoms with van der Waals surface area (Å²) in [5, 5.41) is 3.78. The largest absolute Gasteiger partial charge is 0.444 e. The van der Waals surface area contributed by atoms with Crippen LogP contribution in [0.2, 0.25) is 0 Å². The molecule has 6 rings (SSSR count). The van der Waals surface area contributed by atoms with Crippen LogP contribution in [-0.4, -0.2) is 65.2 Å². The maximum atomic E-state index is 13.9. The number of aromatic nitrogens is 1. The zero-order chi connectivity index (χ0) is 34.9. The summed E-state index contributed by atoms with van der Waals surface area (Å²) in [6, 6.07) is 21.8. The van der Waals surface area contributed by atoms with E-state index in [0.29, 0.717) is 48.9 Å². The van der Waals surface area contributed by atoms with E-state index in [2.05, 4.69) is 16.3 Å². The van der Waals surface area contributed by atoms with Gasteiger partial charge in [-0.15, -0.1) is 0 Å². The minimum atomic E-state index is -0.658. The van der Waals surface area contributed by atoms with Crippen molar-refractivity contribution in [1.82, 2.24) is 9.88 Å². The van der Waals surface area contributed by atoms with Gasteiger partial charge in [0.05, 0.1) is 5.52 Å². The molecular formula is C40H46N4O5. The summed E-state index contributed by atoms with van der Waals surface area (Å²) in [5.41, 5.74) is 5.82. The van der Waals surface area contributed by atoms with E-state index in [1.54, 1.807) is 11.1 Å². The zero-order valence-corrected chi connectivity index (χ0v) is 29.3. The monoisotopic (exact) mass is 662 g/mol. The lowest BCUT2D eigenvalue weighted by Gasteiger charge is -2.37. The van der Waals surface area contributed by atoms with Gasteiger partial charge >= 0.3 is 12.2 Å². The highest BCUT2D eigenvalue weighted by Crippen LogP contribution is 2.47. The quantitative estimate of drug-likeness (QED) is 0.198. The van der Waals surface area contributed by atoms with E-state index in [1.807, 2.05) is 102 Å². The van der Waals surface area contributed by atoms with E-state index >= 15 is 0 Å². The number of nitrogens with one attached hydrogen (secondary N) is 1. The fourth-order valence-corrected chi connectivity index (χ4v) is 6.23. The number of anilines is 2.